The summed E-state index contributed by atoms with van der Waals surface area (Å²) in [6, 6.07) is 4.51. The molecular formula is C14H18N4O6S. The van der Waals surface area contributed by atoms with Gasteiger partial charge in [0.1, 0.15) is 0 Å². The molecule has 0 unspecified atom stereocenters. The Morgan fingerprint density at radius 1 is 1.32 bits per heavy atom. The van der Waals surface area contributed by atoms with E-state index in [1.807, 2.05) is 0 Å². The first-order valence-electron chi connectivity index (χ1n) is 7.57. The molecule has 1 aromatic rings. The summed E-state index contributed by atoms with van der Waals surface area (Å²) in [5.41, 5.74) is 0.419. The molecular weight excluding hydrogens is 352 g/mol. The highest BCUT2D eigenvalue weighted by Crippen LogP contribution is 2.16. The first kappa shape index (κ1) is 18.6. The largest absolute Gasteiger partial charge is 0.450 e. The van der Waals surface area contributed by atoms with E-state index in [-0.39, 0.29) is 10.6 Å². The highest BCUT2D eigenvalue weighted by Gasteiger charge is 2.21. The van der Waals surface area contributed by atoms with Gasteiger partial charge in [-0.15, -0.1) is 0 Å². The predicted octanol–water partition coefficient (Wildman–Crippen LogP) is 1.48. The van der Waals surface area contributed by atoms with Gasteiger partial charge in [0.05, 0.1) is 16.4 Å². The summed E-state index contributed by atoms with van der Waals surface area (Å²) < 4.78 is 29.2. The lowest BCUT2D eigenvalue weighted by molar-refractivity contribution is -0.384. The average molecular weight is 370 g/mol. The van der Waals surface area contributed by atoms with Crippen LogP contribution in [0.4, 0.5) is 10.5 Å². The highest BCUT2D eigenvalue weighted by molar-refractivity contribution is 7.89. The second-order valence-electron chi connectivity index (χ2n) is 5.21. The Bertz CT molecular complexity index is 765. The molecule has 0 atom stereocenters. The summed E-state index contributed by atoms with van der Waals surface area (Å²) in [7, 11) is -3.91. The third-order valence-corrected chi connectivity index (χ3v) is 4.77. The van der Waals surface area contributed by atoms with Crippen molar-refractivity contribution in [2.75, 3.05) is 19.7 Å². The fourth-order valence-corrected chi connectivity index (χ4v) is 3.05. The number of likely N-dealkylation sites (tertiary alicyclic amines) is 1. The number of piperidine rings is 1. The van der Waals surface area contributed by atoms with Crippen LogP contribution >= 0.6 is 0 Å². The van der Waals surface area contributed by atoms with Crippen LogP contribution in [0.15, 0.2) is 34.3 Å². The predicted molar refractivity (Wildman–Crippen MR) is 88.7 cm³/mol. The molecule has 25 heavy (non-hydrogen) atoms. The standard InChI is InChI=1S/C14H18N4O6S/c1-2-24-14(19)17-9-7-11(8-10-17)15-16-25(22,23)13-5-3-12(4-6-13)18(20)21/h3-6,16H,2,7-10H2,1H3. The minimum Gasteiger partial charge on any atom is -0.450 e. The second kappa shape index (κ2) is 7.92. The lowest BCUT2D eigenvalue weighted by atomic mass is 10.1. The Kier molecular flexibility index (Phi) is 5.91. The minimum atomic E-state index is -3.91. The van der Waals surface area contributed by atoms with Gasteiger partial charge in [-0.2, -0.15) is 13.5 Å². The molecule has 0 aromatic heterocycles. The van der Waals surface area contributed by atoms with Crippen LogP contribution in [0.3, 0.4) is 0 Å². The van der Waals surface area contributed by atoms with Crippen molar-refractivity contribution in [1.29, 1.82) is 0 Å². The number of amides is 1. The molecule has 1 amide bonds. The van der Waals surface area contributed by atoms with E-state index in [4.69, 9.17) is 4.74 Å². The van der Waals surface area contributed by atoms with Crippen LogP contribution in [0, 0.1) is 10.1 Å². The second-order valence-corrected chi connectivity index (χ2v) is 6.87. The summed E-state index contributed by atoms with van der Waals surface area (Å²) in [6.07, 6.45) is 0.469. The number of ether oxygens (including phenoxy) is 1. The number of hydrogen-bond donors (Lipinski definition) is 1. The quantitative estimate of drug-likeness (QED) is 0.617. The van der Waals surface area contributed by atoms with Crippen LogP contribution in [0.5, 0.6) is 0 Å². The van der Waals surface area contributed by atoms with Gasteiger partial charge < -0.3 is 9.64 Å². The molecule has 1 N–H and O–H groups in total. The van der Waals surface area contributed by atoms with E-state index in [0.29, 0.717) is 38.2 Å². The highest BCUT2D eigenvalue weighted by atomic mass is 32.2. The van der Waals surface area contributed by atoms with Crippen molar-refractivity contribution < 1.29 is 22.9 Å². The maximum atomic E-state index is 12.1. The third kappa shape index (κ3) is 4.89. The van der Waals surface area contributed by atoms with E-state index in [9.17, 15) is 23.3 Å². The van der Waals surface area contributed by atoms with Crippen LogP contribution in [0.1, 0.15) is 19.8 Å². The van der Waals surface area contributed by atoms with Crippen molar-refractivity contribution in [3.63, 3.8) is 0 Å². The van der Waals surface area contributed by atoms with Gasteiger partial charge >= 0.3 is 6.09 Å². The van der Waals surface area contributed by atoms with Gasteiger partial charge in [-0.1, -0.05) is 0 Å². The number of hydrazone groups is 1. The number of non-ortho nitro benzene ring substituents is 1. The van der Waals surface area contributed by atoms with Crippen LogP contribution in [0.25, 0.3) is 0 Å². The number of rotatable bonds is 5. The Morgan fingerprint density at radius 3 is 2.44 bits per heavy atom. The number of carbonyl (C=O) groups excluding carboxylic acids is 1. The zero-order valence-electron chi connectivity index (χ0n) is 13.5. The summed E-state index contributed by atoms with van der Waals surface area (Å²) in [5.74, 6) is 0. The normalized spacial score (nSPS) is 14.8. The topological polar surface area (TPSA) is 131 Å². The number of benzene rings is 1. The van der Waals surface area contributed by atoms with Crippen molar-refractivity contribution in [3.8, 4) is 0 Å². The SMILES string of the molecule is CCOC(=O)N1CCC(=NNS(=O)(=O)c2ccc([N+](=O)[O-])cc2)CC1. The van der Waals surface area contributed by atoms with Gasteiger partial charge in [-0.3, -0.25) is 10.1 Å². The van der Waals surface area contributed by atoms with Crippen molar-refractivity contribution >= 4 is 27.5 Å². The summed E-state index contributed by atoms with van der Waals surface area (Å²) in [5, 5.41) is 14.5. The van der Waals surface area contributed by atoms with Crippen molar-refractivity contribution in [2.45, 2.75) is 24.7 Å². The van der Waals surface area contributed by atoms with Crippen LogP contribution in [-0.2, 0) is 14.8 Å². The number of hydrogen-bond acceptors (Lipinski definition) is 7. The van der Waals surface area contributed by atoms with E-state index in [2.05, 4.69) is 9.93 Å². The van der Waals surface area contributed by atoms with Crippen LogP contribution in [-0.4, -0.2) is 49.7 Å². The molecule has 1 heterocycles. The van der Waals surface area contributed by atoms with Crippen LogP contribution in [0.2, 0.25) is 0 Å². The Hall–Kier alpha value is -2.69. The number of carbonyl (C=O) groups is 1. The Labute approximate surface area is 144 Å². The molecule has 136 valence electrons. The van der Waals surface area contributed by atoms with Gasteiger partial charge in [-0.05, 0) is 19.1 Å². The third-order valence-electron chi connectivity index (χ3n) is 3.55. The maximum Gasteiger partial charge on any atom is 0.409 e. The lowest BCUT2D eigenvalue weighted by Gasteiger charge is -2.26. The van der Waals surface area contributed by atoms with Gasteiger partial charge in [0.25, 0.3) is 15.7 Å². The monoisotopic (exact) mass is 370 g/mol. The molecule has 0 saturated carbocycles. The summed E-state index contributed by atoms with van der Waals surface area (Å²) >= 11 is 0. The molecule has 2 rings (SSSR count). The minimum absolute atomic E-state index is 0.119. The van der Waals surface area contributed by atoms with E-state index in [1.165, 1.54) is 4.90 Å². The zero-order chi connectivity index (χ0) is 18.4. The summed E-state index contributed by atoms with van der Waals surface area (Å²) in [6.45, 7) is 2.82. The fraction of sp³-hybridized carbons (Fsp3) is 0.429. The fourth-order valence-electron chi connectivity index (χ4n) is 2.20. The van der Waals surface area contributed by atoms with E-state index < -0.39 is 21.0 Å². The first-order chi connectivity index (χ1) is 11.8. The average Bonchev–Trinajstić information content (AvgIpc) is 2.61. The maximum absolute atomic E-state index is 12.1. The zero-order valence-corrected chi connectivity index (χ0v) is 14.4. The Balaban J connectivity index is 1.96. The number of sulfonamides is 1. The molecule has 1 saturated heterocycles. The molecule has 1 fully saturated rings. The lowest BCUT2D eigenvalue weighted by Crippen LogP contribution is -2.39. The smallest absolute Gasteiger partial charge is 0.409 e. The van der Waals surface area contributed by atoms with Gasteiger partial charge in [0, 0.05) is 43.8 Å². The molecule has 1 aromatic carbocycles. The Morgan fingerprint density at radius 2 is 1.92 bits per heavy atom. The van der Waals surface area contributed by atoms with Crippen LogP contribution < -0.4 is 4.83 Å². The van der Waals surface area contributed by atoms with E-state index >= 15 is 0 Å². The summed E-state index contributed by atoms with van der Waals surface area (Å²) in [4.78, 5) is 25.1. The molecule has 10 nitrogen and oxygen atoms in total. The van der Waals surface area contributed by atoms with Gasteiger partial charge in [-0.25, -0.2) is 9.63 Å². The van der Waals surface area contributed by atoms with Gasteiger partial charge in [0.15, 0.2) is 0 Å². The first-order valence-corrected chi connectivity index (χ1v) is 9.05. The van der Waals surface area contributed by atoms with E-state index in [0.717, 1.165) is 24.3 Å². The molecule has 0 aliphatic carbocycles. The molecule has 1 aliphatic rings. The number of nitrogens with zero attached hydrogens (tertiary/aromatic N) is 3. The van der Waals surface area contributed by atoms with Crippen molar-refractivity contribution in [1.82, 2.24) is 9.73 Å². The number of nitrogens with one attached hydrogen (secondary N) is 1. The number of nitro benzene ring substituents is 1. The molecule has 1 aliphatic heterocycles. The number of nitro groups is 1. The van der Waals surface area contributed by atoms with Gasteiger partial charge in [0.2, 0.25) is 0 Å². The molecule has 0 spiro atoms. The van der Waals surface area contributed by atoms with Crippen molar-refractivity contribution in [2.24, 2.45) is 5.10 Å². The van der Waals surface area contributed by atoms with E-state index in [1.54, 1.807) is 6.92 Å². The molecule has 11 heteroatoms. The van der Waals surface area contributed by atoms with Crippen molar-refractivity contribution in [3.05, 3.63) is 34.4 Å². The molecule has 0 bridgehead atoms. The molecule has 0 radical (unpaired) electrons.